The maximum absolute atomic E-state index is 12.9. The second-order valence-electron chi connectivity index (χ2n) is 6.79. The van der Waals surface area contributed by atoms with Crippen LogP contribution in [0.1, 0.15) is 12.0 Å². The number of hydrogen-bond acceptors (Lipinski definition) is 6. The number of rotatable bonds is 8. The van der Waals surface area contributed by atoms with Crippen molar-refractivity contribution in [2.24, 2.45) is 0 Å². The molecule has 0 spiro atoms. The van der Waals surface area contributed by atoms with E-state index in [9.17, 15) is 14.9 Å². The van der Waals surface area contributed by atoms with E-state index >= 15 is 0 Å². The molecule has 0 bridgehead atoms. The van der Waals surface area contributed by atoms with Crippen LogP contribution in [-0.4, -0.2) is 47.9 Å². The number of carbonyl (C=O) groups is 1. The number of nitro groups is 1. The standard InChI is InChI=1S/C21H22N4O3S.ClH/c1-23(2)14-5-15-24(21-22-18-6-3-4-7-19(18)29-21)20(26)13-10-16-8-11-17(12-9-16)25(27)28;/h3-4,6-13H,5,14-15H2,1-2H3;1H/b13-10-;. The van der Waals surface area contributed by atoms with Crippen molar-refractivity contribution < 1.29 is 9.72 Å². The Kier molecular flexibility index (Phi) is 8.46. The molecule has 1 amide bonds. The molecular weight excluding hydrogens is 424 g/mol. The Morgan fingerprint density at radius 2 is 1.83 bits per heavy atom. The minimum Gasteiger partial charge on any atom is -0.309 e. The molecule has 9 heteroatoms. The fraction of sp³-hybridized carbons (Fsp3) is 0.238. The van der Waals surface area contributed by atoms with Gasteiger partial charge in [-0.25, -0.2) is 4.98 Å². The third kappa shape index (κ3) is 6.09. The lowest BCUT2D eigenvalue weighted by molar-refractivity contribution is -0.384. The number of nitrogens with zero attached hydrogens (tertiary/aromatic N) is 4. The number of aromatic nitrogens is 1. The van der Waals surface area contributed by atoms with Crippen molar-refractivity contribution in [3.8, 4) is 0 Å². The van der Waals surface area contributed by atoms with Crippen LogP contribution in [0, 0.1) is 10.1 Å². The van der Waals surface area contributed by atoms with Crippen LogP contribution in [0.2, 0.25) is 0 Å². The summed E-state index contributed by atoms with van der Waals surface area (Å²) in [5, 5.41) is 11.4. The summed E-state index contributed by atoms with van der Waals surface area (Å²) in [6, 6.07) is 13.9. The van der Waals surface area contributed by atoms with Crippen LogP contribution in [0.15, 0.2) is 54.6 Å². The average molecular weight is 447 g/mol. The zero-order valence-electron chi connectivity index (χ0n) is 16.7. The summed E-state index contributed by atoms with van der Waals surface area (Å²) < 4.78 is 1.03. The summed E-state index contributed by atoms with van der Waals surface area (Å²) in [6.07, 6.45) is 3.97. The highest BCUT2D eigenvalue weighted by Crippen LogP contribution is 2.29. The molecule has 0 saturated heterocycles. The predicted octanol–water partition coefficient (Wildman–Crippen LogP) is 4.62. The molecule has 7 nitrogen and oxygen atoms in total. The van der Waals surface area contributed by atoms with Gasteiger partial charge in [-0.05, 0) is 63.0 Å². The van der Waals surface area contributed by atoms with Gasteiger partial charge in [-0.3, -0.25) is 19.8 Å². The van der Waals surface area contributed by atoms with Gasteiger partial charge in [0.15, 0.2) is 5.13 Å². The van der Waals surface area contributed by atoms with Crippen LogP contribution < -0.4 is 4.90 Å². The highest BCUT2D eigenvalue weighted by atomic mass is 35.5. The van der Waals surface area contributed by atoms with Gasteiger partial charge in [0.05, 0.1) is 15.1 Å². The molecule has 2 aromatic carbocycles. The first-order valence-electron chi connectivity index (χ1n) is 9.18. The Balaban J connectivity index is 0.00000320. The van der Waals surface area contributed by atoms with E-state index in [1.807, 2.05) is 38.4 Å². The van der Waals surface area contributed by atoms with Gasteiger partial charge in [0.1, 0.15) is 0 Å². The van der Waals surface area contributed by atoms with Crippen molar-refractivity contribution in [2.45, 2.75) is 6.42 Å². The van der Waals surface area contributed by atoms with Crippen molar-refractivity contribution in [3.63, 3.8) is 0 Å². The minimum atomic E-state index is -0.446. The highest BCUT2D eigenvalue weighted by molar-refractivity contribution is 7.22. The summed E-state index contributed by atoms with van der Waals surface area (Å²) in [5.74, 6) is -0.166. The van der Waals surface area contributed by atoms with Crippen molar-refractivity contribution >= 4 is 56.8 Å². The maximum Gasteiger partial charge on any atom is 0.269 e. The fourth-order valence-electron chi connectivity index (χ4n) is 2.79. The van der Waals surface area contributed by atoms with Crippen LogP contribution in [-0.2, 0) is 4.79 Å². The van der Waals surface area contributed by atoms with Gasteiger partial charge >= 0.3 is 0 Å². The summed E-state index contributed by atoms with van der Waals surface area (Å²) in [4.78, 5) is 31.6. The first kappa shape index (κ1) is 23.5. The van der Waals surface area contributed by atoms with Gasteiger partial charge in [-0.2, -0.15) is 0 Å². The number of benzene rings is 2. The molecule has 1 aromatic heterocycles. The Morgan fingerprint density at radius 3 is 2.47 bits per heavy atom. The van der Waals surface area contributed by atoms with E-state index in [0.717, 1.165) is 28.7 Å². The number of non-ortho nitro benzene ring substituents is 1. The van der Waals surface area contributed by atoms with Gasteiger partial charge in [0.2, 0.25) is 0 Å². The molecule has 0 radical (unpaired) electrons. The molecule has 0 N–H and O–H groups in total. The smallest absolute Gasteiger partial charge is 0.269 e. The lowest BCUT2D eigenvalue weighted by Crippen LogP contribution is -2.32. The largest absolute Gasteiger partial charge is 0.309 e. The van der Waals surface area contributed by atoms with Crippen molar-refractivity contribution in [1.29, 1.82) is 0 Å². The second kappa shape index (κ2) is 10.8. The highest BCUT2D eigenvalue weighted by Gasteiger charge is 2.17. The number of anilines is 1. The van der Waals surface area contributed by atoms with E-state index in [1.54, 1.807) is 23.1 Å². The number of amides is 1. The van der Waals surface area contributed by atoms with E-state index in [0.29, 0.717) is 11.7 Å². The molecule has 158 valence electrons. The number of fused-ring (bicyclic) bond motifs is 1. The van der Waals surface area contributed by atoms with Gasteiger partial charge in [-0.15, -0.1) is 12.4 Å². The molecule has 0 atom stereocenters. The van der Waals surface area contributed by atoms with Crippen LogP contribution in [0.25, 0.3) is 16.3 Å². The van der Waals surface area contributed by atoms with Gasteiger partial charge in [0, 0.05) is 24.8 Å². The summed E-state index contributed by atoms with van der Waals surface area (Å²) in [5.41, 5.74) is 1.62. The van der Waals surface area contributed by atoms with Crippen molar-refractivity contribution in [2.75, 3.05) is 32.1 Å². The normalized spacial score (nSPS) is 11.0. The van der Waals surface area contributed by atoms with Crippen molar-refractivity contribution in [3.05, 3.63) is 70.3 Å². The first-order chi connectivity index (χ1) is 13.9. The molecule has 0 saturated carbocycles. The molecular formula is C21H23ClN4O3S. The van der Waals surface area contributed by atoms with Crippen LogP contribution in [0.5, 0.6) is 0 Å². The first-order valence-corrected chi connectivity index (χ1v) is 10.00. The van der Waals surface area contributed by atoms with Crippen LogP contribution >= 0.6 is 23.7 Å². The lowest BCUT2D eigenvalue weighted by Gasteiger charge is -2.19. The van der Waals surface area contributed by atoms with Crippen LogP contribution in [0.4, 0.5) is 10.8 Å². The molecule has 0 aliphatic rings. The quantitative estimate of drug-likeness (QED) is 0.286. The minimum absolute atomic E-state index is 0. The predicted molar refractivity (Wildman–Crippen MR) is 125 cm³/mol. The third-order valence-electron chi connectivity index (χ3n) is 4.29. The molecule has 0 fully saturated rings. The Morgan fingerprint density at radius 1 is 1.13 bits per heavy atom. The van der Waals surface area contributed by atoms with Crippen LogP contribution in [0.3, 0.4) is 0 Å². The summed E-state index contributed by atoms with van der Waals surface area (Å²) in [7, 11) is 4.00. The number of hydrogen-bond donors (Lipinski definition) is 0. The topological polar surface area (TPSA) is 79.6 Å². The van der Waals surface area contributed by atoms with Crippen molar-refractivity contribution in [1.82, 2.24) is 9.88 Å². The molecule has 3 aromatic rings. The molecule has 1 heterocycles. The monoisotopic (exact) mass is 446 g/mol. The van der Waals surface area contributed by atoms with E-state index in [1.165, 1.54) is 29.5 Å². The van der Waals surface area contributed by atoms with E-state index < -0.39 is 4.92 Å². The maximum atomic E-state index is 12.9. The van der Waals surface area contributed by atoms with E-state index in [2.05, 4.69) is 9.88 Å². The van der Waals surface area contributed by atoms with Gasteiger partial charge in [0.25, 0.3) is 11.6 Å². The molecule has 3 rings (SSSR count). The molecule has 0 aliphatic carbocycles. The summed E-state index contributed by atoms with van der Waals surface area (Å²) in [6.45, 7) is 1.42. The van der Waals surface area contributed by atoms with Gasteiger partial charge < -0.3 is 4.90 Å². The summed E-state index contributed by atoms with van der Waals surface area (Å²) >= 11 is 1.49. The number of para-hydroxylation sites is 1. The average Bonchev–Trinajstić information content (AvgIpc) is 3.13. The zero-order chi connectivity index (χ0) is 20.8. The number of carbonyl (C=O) groups excluding carboxylic acids is 1. The number of halogens is 1. The molecule has 0 aliphatic heterocycles. The SMILES string of the molecule is CN(C)CCCN(C(=O)/C=C\c1ccc([N+](=O)[O-])cc1)c1nc2ccccc2s1.Cl. The molecule has 30 heavy (non-hydrogen) atoms. The number of nitro benzene ring substituents is 1. The number of thiazole rings is 1. The Bertz CT molecular complexity index is 1000. The van der Waals surface area contributed by atoms with E-state index in [4.69, 9.17) is 0 Å². The lowest BCUT2D eigenvalue weighted by atomic mass is 10.2. The third-order valence-corrected chi connectivity index (χ3v) is 5.35. The molecule has 0 unspecified atom stereocenters. The second-order valence-corrected chi connectivity index (χ2v) is 7.80. The van der Waals surface area contributed by atoms with Gasteiger partial charge in [-0.1, -0.05) is 23.5 Å². The Hall–Kier alpha value is -2.81. The zero-order valence-corrected chi connectivity index (χ0v) is 18.4. The van der Waals surface area contributed by atoms with E-state index in [-0.39, 0.29) is 24.0 Å². The Labute approximate surface area is 185 Å². The fourth-order valence-corrected chi connectivity index (χ4v) is 3.78.